The summed E-state index contributed by atoms with van der Waals surface area (Å²) in [6, 6.07) is 14.4. The van der Waals surface area contributed by atoms with Crippen molar-refractivity contribution >= 4 is 5.82 Å². The maximum absolute atomic E-state index is 13.1. The van der Waals surface area contributed by atoms with Gasteiger partial charge in [-0.1, -0.05) is 18.2 Å². The molecule has 0 bridgehead atoms. The number of anilines is 1. The van der Waals surface area contributed by atoms with E-state index in [1.165, 1.54) is 12.1 Å². The molecule has 2 fully saturated rings. The Balaban J connectivity index is 1.37. The average molecular weight is 366 g/mol. The van der Waals surface area contributed by atoms with Gasteiger partial charge in [-0.15, -0.1) is 0 Å². The molecule has 1 N–H and O–H groups in total. The third-order valence-electron chi connectivity index (χ3n) is 5.36. The van der Waals surface area contributed by atoms with Crippen LogP contribution >= 0.6 is 0 Å². The van der Waals surface area contributed by atoms with Crippen molar-refractivity contribution in [2.24, 2.45) is 0 Å². The molecule has 0 saturated carbocycles. The molecule has 2 saturated heterocycles. The topological polar surface area (TPSA) is 61.2 Å². The summed E-state index contributed by atoms with van der Waals surface area (Å²) in [7, 11) is 0. The first-order valence-electron chi connectivity index (χ1n) is 9.39. The van der Waals surface area contributed by atoms with Gasteiger partial charge >= 0.3 is 0 Å². The van der Waals surface area contributed by atoms with Crippen LogP contribution in [0, 0.1) is 17.1 Å². The van der Waals surface area contributed by atoms with Crippen LogP contribution in [0.2, 0.25) is 0 Å². The van der Waals surface area contributed by atoms with Crippen LogP contribution in [0.25, 0.3) is 0 Å². The third kappa shape index (κ3) is 4.26. The monoisotopic (exact) mass is 366 g/mol. The van der Waals surface area contributed by atoms with Crippen molar-refractivity contribution in [3.63, 3.8) is 0 Å². The highest BCUT2D eigenvalue weighted by Crippen LogP contribution is 2.36. The molecule has 2 aliphatic rings. The maximum Gasteiger partial charge on any atom is 0.142 e. The van der Waals surface area contributed by atoms with Gasteiger partial charge in [0.15, 0.2) is 0 Å². The number of ether oxygens (including phenoxy) is 1. The quantitative estimate of drug-likeness (QED) is 0.899. The first-order chi connectivity index (χ1) is 13.1. The number of halogens is 1. The zero-order chi connectivity index (χ0) is 18.7. The van der Waals surface area contributed by atoms with Crippen molar-refractivity contribution in [3.05, 3.63) is 59.5 Å². The van der Waals surface area contributed by atoms with Crippen LogP contribution in [0.4, 0.5) is 10.2 Å². The van der Waals surface area contributed by atoms with Gasteiger partial charge in [0, 0.05) is 19.5 Å². The summed E-state index contributed by atoms with van der Waals surface area (Å²) < 4.78 is 19.4. The van der Waals surface area contributed by atoms with E-state index in [4.69, 9.17) is 10.00 Å². The minimum Gasteiger partial charge on any atom is -0.371 e. The lowest BCUT2D eigenvalue weighted by atomic mass is 9.88. The van der Waals surface area contributed by atoms with Crippen LogP contribution < -0.4 is 5.32 Å². The fourth-order valence-corrected chi connectivity index (χ4v) is 4.18. The third-order valence-corrected chi connectivity index (χ3v) is 5.36. The number of pyridine rings is 1. The summed E-state index contributed by atoms with van der Waals surface area (Å²) in [6.45, 7) is 3.37. The molecule has 5 nitrogen and oxygen atoms in total. The zero-order valence-electron chi connectivity index (χ0n) is 15.2. The fraction of sp³-hybridized carbons (Fsp3) is 0.429. The molecule has 2 unspecified atom stereocenters. The molecule has 4 rings (SSSR count). The molecular formula is C21H23FN4O. The lowest BCUT2D eigenvalue weighted by molar-refractivity contribution is -0.0533. The number of benzene rings is 1. The van der Waals surface area contributed by atoms with E-state index in [1.54, 1.807) is 6.07 Å². The normalized spacial score (nSPS) is 25.4. The van der Waals surface area contributed by atoms with Crippen molar-refractivity contribution in [1.82, 2.24) is 9.88 Å². The maximum atomic E-state index is 13.1. The molecule has 2 aliphatic heterocycles. The highest BCUT2D eigenvalue weighted by atomic mass is 19.1. The molecule has 0 aliphatic carbocycles. The fourth-order valence-electron chi connectivity index (χ4n) is 4.18. The smallest absolute Gasteiger partial charge is 0.142 e. The first kappa shape index (κ1) is 17.9. The molecule has 1 spiro atoms. The van der Waals surface area contributed by atoms with Crippen molar-refractivity contribution < 1.29 is 9.13 Å². The van der Waals surface area contributed by atoms with Crippen LogP contribution in [0.15, 0.2) is 42.5 Å². The van der Waals surface area contributed by atoms with Gasteiger partial charge in [0.2, 0.25) is 0 Å². The van der Waals surface area contributed by atoms with Gasteiger partial charge in [0.05, 0.1) is 18.2 Å². The predicted octanol–water partition coefficient (Wildman–Crippen LogP) is 3.33. The second-order valence-electron chi connectivity index (χ2n) is 7.50. The highest BCUT2D eigenvalue weighted by Gasteiger charge is 2.43. The molecule has 0 radical (unpaired) electrons. The Morgan fingerprint density at radius 3 is 2.96 bits per heavy atom. The van der Waals surface area contributed by atoms with Crippen molar-refractivity contribution in [1.29, 1.82) is 5.26 Å². The summed E-state index contributed by atoms with van der Waals surface area (Å²) in [5.74, 6) is 0.523. The Morgan fingerprint density at radius 1 is 1.30 bits per heavy atom. The number of nitrogens with zero attached hydrogens (tertiary/aromatic N) is 3. The Morgan fingerprint density at radius 2 is 2.15 bits per heavy atom. The number of hydrogen-bond donors (Lipinski definition) is 1. The Kier molecular flexibility index (Phi) is 5.06. The van der Waals surface area contributed by atoms with E-state index in [-0.39, 0.29) is 17.5 Å². The van der Waals surface area contributed by atoms with E-state index in [2.05, 4.69) is 21.3 Å². The largest absolute Gasteiger partial charge is 0.371 e. The van der Waals surface area contributed by atoms with Gasteiger partial charge in [-0.05, 0) is 49.2 Å². The number of aromatic nitrogens is 1. The van der Waals surface area contributed by atoms with Gasteiger partial charge in [-0.3, -0.25) is 4.90 Å². The van der Waals surface area contributed by atoms with Crippen LogP contribution in [0.5, 0.6) is 0 Å². The summed E-state index contributed by atoms with van der Waals surface area (Å²) in [6.07, 6.45) is 3.07. The number of hydrogen-bond acceptors (Lipinski definition) is 5. The van der Waals surface area contributed by atoms with Crippen molar-refractivity contribution in [2.75, 3.05) is 25.0 Å². The number of rotatable bonds is 4. The zero-order valence-corrected chi connectivity index (χ0v) is 15.2. The van der Waals surface area contributed by atoms with E-state index >= 15 is 0 Å². The Bertz CT molecular complexity index is 835. The van der Waals surface area contributed by atoms with Crippen molar-refractivity contribution in [3.8, 4) is 6.07 Å². The van der Waals surface area contributed by atoms with Gasteiger partial charge in [0.25, 0.3) is 0 Å². The molecule has 2 atom stereocenters. The minimum atomic E-state index is -0.198. The molecule has 0 amide bonds. The standard InChI is InChI=1S/C21H23FN4O/c22-17-7-5-16(6-8-17)13-26-10-2-9-21(15-26)11-19(14-27-21)25-20-4-1-3-18(12-23)24-20/h1,3-8,19H,2,9-11,13-15H2,(H,24,25). The predicted molar refractivity (Wildman–Crippen MR) is 101 cm³/mol. The summed E-state index contributed by atoms with van der Waals surface area (Å²) in [5, 5.41) is 12.4. The Labute approximate surface area is 158 Å². The molecule has 6 heteroatoms. The molecule has 3 heterocycles. The lowest BCUT2D eigenvalue weighted by Gasteiger charge is -2.39. The van der Waals surface area contributed by atoms with Crippen molar-refractivity contribution in [2.45, 2.75) is 37.5 Å². The molecule has 2 aromatic rings. The molecular weight excluding hydrogens is 343 g/mol. The number of nitrogens with one attached hydrogen (secondary N) is 1. The van der Waals surface area contributed by atoms with Crippen LogP contribution in [-0.2, 0) is 11.3 Å². The van der Waals surface area contributed by atoms with E-state index in [0.717, 1.165) is 50.3 Å². The van der Waals surface area contributed by atoms with E-state index in [0.29, 0.717) is 12.3 Å². The highest BCUT2D eigenvalue weighted by molar-refractivity contribution is 5.39. The van der Waals surface area contributed by atoms with Gasteiger partial charge in [0.1, 0.15) is 23.4 Å². The minimum absolute atomic E-state index is 0.136. The lowest BCUT2D eigenvalue weighted by Crippen LogP contribution is -2.47. The summed E-state index contributed by atoms with van der Waals surface area (Å²) in [4.78, 5) is 6.69. The van der Waals surface area contributed by atoms with Crippen LogP contribution in [-0.4, -0.2) is 41.2 Å². The number of piperidine rings is 1. The van der Waals surface area contributed by atoms with Crippen LogP contribution in [0.1, 0.15) is 30.5 Å². The molecule has 1 aromatic heterocycles. The molecule has 27 heavy (non-hydrogen) atoms. The van der Waals surface area contributed by atoms with Gasteiger partial charge in [-0.2, -0.15) is 5.26 Å². The second-order valence-corrected chi connectivity index (χ2v) is 7.50. The Hall–Kier alpha value is -2.49. The summed E-state index contributed by atoms with van der Waals surface area (Å²) in [5.41, 5.74) is 1.40. The van der Waals surface area contributed by atoms with E-state index in [1.807, 2.05) is 24.3 Å². The SMILES string of the molecule is N#Cc1cccc(NC2COC3(CCCN(Cc4ccc(F)cc4)C3)C2)n1. The van der Waals surface area contributed by atoms with E-state index < -0.39 is 0 Å². The summed E-state index contributed by atoms with van der Waals surface area (Å²) >= 11 is 0. The molecule has 1 aromatic carbocycles. The first-order valence-corrected chi connectivity index (χ1v) is 9.39. The van der Waals surface area contributed by atoms with Gasteiger partial charge in [-0.25, -0.2) is 9.37 Å². The van der Waals surface area contributed by atoms with Gasteiger partial charge < -0.3 is 10.1 Å². The average Bonchev–Trinajstić information content (AvgIpc) is 3.05. The second kappa shape index (κ2) is 7.63. The number of nitriles is 1. The molecule has 140 valence electrons. The van der Waals surface area contributed by atoms with E-state index in [9.17, 15) is 4.39 Å². The number of likely N-dealkylation sites (tertiary alicyclic amines) is 1. The van der Waals surface area contributed by atoms with Crippen LogP contribution in [0.3, 0.4) is 0 Å².